The number of nitrogens with two attached hydrogens (primary N) is 2. The number of hydrogen-bond acceptors (Lipinski definition) is 5. The summed E-state index contributed by atoms with van der Waals surface area (Å²) >= 11 is 0. The third-order valence-electron chi connectivity index (χ3n) is 2.27. The molecule has 0 fully saturated rings. The summed E-state index contributed by atoms with van der Waals surface area (Å²) in [6.07, 6.45) is 1.99. The first-order valence-corrected chi connectivity index (χ1v) is 5.30. The molecule has 1 atom stereocenters. The van der Waals surface area contributed by atoms with Crippen molar-refractivity contribution in [2.24, 2.45) is 11.5 Å². The van der Waals surface area contributed by atoms with Gasteiger partial charge in [-0.15, -0.1) is 0 Å². The van der Waals surface area contributed by atoms with Crippen LogP contribution in [0.15, 0.2) is 6.20 Å². The number of nitrogens with zero attached hydrogens (tertiary/aromatic N) is 1. The van der Waals surface area contributed by atoms with Gasteiger partial charge in [-0.05, 0) is 13.0 Å². The number of Topliss-reactive ketones (excluding diaryl/α,β-unsaturated/α-hetero) is 1. The number of nitrogens with one attached hydrogen (secondary N) is 1. The highest BCUT2D eigenvalue weighted by atomic mass is 16.4. The van der Waals surface area contributed by atoms with Crippen molar-refractivity contribution in [3.05, 3.63) is 17.7 Å². The summed E-state index contributed by atoms with van der Waals surface area (Å²) in [6.45, 7) is 0.437. The molecular formula is C10H16N4O3. The quantitative estimate of drug-likeness (QED) is 0.465. The zero-order chi connectivity index (χ0) is 12.8. The summed E-state index contributed by atoms with van der Waals surface area (Å²) in [5, 5.41) is 8.49. The smallest absolute Gasteiger partial charge is 0.303 e. The predicted molar refractivity (Wildman–Crippen MR) is 60.5 cm³/mol. The van der Waals surface area contributed by atoms with Crippen LogP contribution in [0.5, 0.6) is 0 Å². The van der Waals surface area contributed by atoms with Crippen LogP contribution in [0.3, 0.4) is 0 Å². The van der Waals surface area contributed by atoms with Crippen molar-refractivity contribution in [2.45, 2.75) is 25.3 Å². The molecule has 7 nitrogen and oxygen atoms in total. The molecule has 0 saturated carbocycles. The van der Waals surface area contributed by atoms with E-state index in [2.05, 4.69) is 9.97 Å². The molecule has 0 aliphatic rings. The molecule has 0 aliphatic heterocycles. The second kappa shape index (κ2) is 6.12. The van der Waals surface area contributed by atoms with Crippen molar-refractivity contribution >= 4 is 11.8 Å². The van der Waals surface area contributed by atoms with Gasteiger partial charge in [0.2, 0.25) is 0 Å². The number of aliphatic carboxylic acids is 1. The van der Waals surface area contributed by atoms with Crippen LogP contribution in [0.2, 0.25) is 0 Å². The van der Waals surface area contributed by atoms with Crippen LogP contribution in [0.1, 0.15) is 29.2 Å². The van der Waals surface area contributed by atoms with Crippen molar-refractivity contribution in [3.8, 4) is 0 Å². The van der Waals surface area contributed by atoms with Crippen LogP contribution in [0.4, 0.5) is 0 Å². The second-order valence-corrected chi connectivity index (χ2v) is 3.67. The molecule has 0 amide bonds. The molecule has 6 N–H and O–H groups in total. The Labute approximate surface area is 98.2 Å². The van der Waals surface area contributed by atoms with Gasteiger partial charge >= 0.3 is 5.97 Å². The molecule has 1 heterocycles. The fourth-order valence-corrected chi connectivity index (χ4v) is 1.35. The van der Waals surface area contributed by atoms with Crippen molar-refractivity contribution in [3.63, 3.8) is 0 Å². The van der Waals surface area contributed by atoms with Gasteiger partial charge in [-0.2, -0.15) is 0 Å². The van der Waals surface area contributed by atoms with Crippen molar-refractivity contribution in [2.75, 3.05) is 6.54 Å². The van der Waals surface area contributed by atoms with E-state index in [1.165, 1.54) is 6.20 Å². The van der Waals surface area contributed by atoms with E-state index < -0.39 is 12.0 Å². The van der Waals surface area contributed by atoms with E-state index in [1.54, 1.807) is 0 Å². The number of rotatable bonds is 7. The minimum absolute atomic E-state index is 0.104. The van der Waals surface area contributed by atoms with E-state index >= 15 is 0 Å². The Hall–Kier alpha value is -1.73. The maximum Gasteiger partial charge on any atom is 0.303 e. The van der Waals surface area contributed by atoms with Gasteiger partial charge in [0.05, 0.1) is 6.04 Å². The highest BCUT2D eigenvalue weighted by Gasteiger charge is 2.19. The molecule has 0 bridgehead atoms. The zero-order valence-corrected chi connectivity index (χ0v) is 9.35. The fourth-order valence-electron chi connectivity index (χ4n) is 1.35. The van der Waals surface area contributed by atoms with Crippen molar-refractivity contribution < 1.29 is 14.7 Å². The Bertz CT molecular complexity index is 402. The zero-order valence-electron chi connectivity index (χ0n) is 9.35. The third-order valence-corrected chi connectivity index (χ3v) is 2.27. The first kappa shape index (κ1) is 13.3. The summed E-state index contributed by atoms with van der Waals surface area (Å²) in [4.78, 5) is 29.0. The highest BCUT2D eigenvalue weighted by Crippen LogP contribution is 2.05. The normalized spacial score (nSPS) is 12.4. The van der Waals surface area contributed by atoms with Gasteiger partial charge in [0.1, 0.15) is 11.5 Å². The second-order valence-electron chi connectivity index (χ2n) is 3.67. The minimum Gasteiger partial charge on any atom is -0.481 e. The van der Waals surface area contributed by atoms with Crippen LogP contribution in [-0.2, 0) is 11.2 Å². The molecule has 0 unspecified atom stereocenters. The van der Waals surface area contributed by atoms with E-state index in [1.807, 2.05) is 0 Å². The number of aromatic amines is 1. The number of carbonyl (C=O) groups is 2. The van der Waals surface area contributed by atoms with Gasteiger partial charge in [-0.1, -0.05) is 0 Å². The van der Waals surface area contributed by atoms with Crippen LogP contribution in [0.25, 0.3) is 0 Å². The van der Waals surface area contributed by atoms with Crippen LogP contribution < -0.4 is 11.5 Å². The number of hydrogen-bond donors (Lipinski definition) is 4. The minimum atomic E-state index is -0.973. The monoisotopic (exact) mass is 240 g/mol. The average molecular weight is 240 g/mol. The molecular weight excluding hydrogens is 224 g/mol. The topological polar surface area (TPSA) is 135 Å². The van der Waals surface area contributed by atoms with Gasteiger partial charge in [0.15, 0.2) is 5.78 Å². The number of ketones is 1. The molecule has 0 aliphatic carbocycles. The van der Waals surface area contributed by atoms with E-state index in [9.17, 15) is 9.59 Å². The Morgan fingerprint density at radius 2 is 2.24 bits per heavy atom. The van der Waals surface area contributed by atoms with E-state index in [0.717, 1.165) is 0 Å². The Morgan fingerprint density at radius 1 is 1.53 bits per heavy atom. The number of H-pyrrole nitrogens is 1. The van der Waals surface area contributed by atoms with Gasteiger partial charge in [-0.25, -0.2) is 4.98 Å². The summed E-state index contributed by atoms with van der Waals surface area (Å²) < 4.78 is 0. The van der Waals surface area contributed by atoms with Crippen molar-refractivity contribution in [1.82, 2.24) is 9.97 Å². The molecule has 1 rings (SSSR count). The summed E-state index contributed by atoms with van der Waals surface area (Å²) in [7, 11) is 0. The van der Waals surface area contributed by atoms with Crippen molar-refractivity contribution in [1.29, 1.82) is 0 Å². The summed E-state index contributed by atoms with van der Waals surface area (Å²) in [6, 6.07) is -0.833. The average Bonchev–Trinajstić information content (AvgIpc) is 2.74. The van der Waals surface area contributed by atoms with E-state index in [4.69, 9.17) is 16.6 Å². The molecule has 0 aromatic carbocycles. The Balaban J connectivity index is 2.58. The molecule has 1 aromatic heterocycles. The number of carboxylic acid groups (broad SMARTS) is 1. The van der Waals surface area contributed by atoms with Crippen LogP contribution in [0, 0.1) is 0 Å². The fraction of sp³-hybridized carbons (Fsp3) is 0.500. The van der Waals surface area contributed by atoms with E-state index in [-0.39, 0.29) is 24.3 Å². The lowest BCUT2D eigenvalue weighted by Gasteiger charge is -2.06. The lowest BCUT2D eigenvalue weighted by atomic mass is 10.1. The molecule has 94 valence electrons. The van der Waals surface area contributed by atoms with Crippen LogP contribution >= 0.6 is 0 Å². The van der Waals surface area contributed by atoms with Crippen LogP contribution in [-0.4, -0.2) is 39.4 Å². The Kier molecular flexibility index (Phi) is 4.80. The highest BCUT2D eigenvalue weighted by molar-refractivity contribution is 5.98. The Morgan fingerprint density at radius 3 is 2.82 bits per heavy atom. The molecule has 1 aromatic rings. The number of carbonyl (C=O) groups excluding carboxylic acids is 1. The lowest BCUT2D eigenvalue weighted by Crippen LogP contribution is -2.31. The number of imidazole rings is 1. The maximum absolute atomic E-state index is 11.7. The summed E-state index contributed by atoms with van der Waals surface area (Å²) in [5.74, 6) is -0.703. The molecule has 7 heteroatoms. The first-order chi connectivity index (χ1) is 8.04. The van der Waals surface area contributed by atoms with Gasteiger partial charge < -0.3 is 21.6 Å². The van der Waals surface area contributed by atoms with Gasteiger partial charge in [0, 0.05) is 19.0 Å². The SMILES string of the molecule is NCCc1nc(C(=O)[C@@H](N)CCC(=O)O)c[nH]1. The first-order valence-electron chi connectivity index (χ1n) is 5.30. The third kappa shape index (κ3) is 3.97. The lowest BCUT2D eigenvalue weighted by molar-refractivity contribution is -0.137. The molecule has 17 heavy (non-hydrogen) atoms. The molecule has 0 spiro atoms. The predicted octanol–water partition coefficient (Wildman–Crippen LogP) is -0.714. The largest absolute Gasteiger partial charge is 0.481 e. The molecule has 0 saturated heterocycles. The number of aromatic nitrogens is 2. The maximum atomic E-state index is 11.7. The summed E-state index contributed by atoms with van der Waals surface area (Å²) in [5.41, 5.74) is 11.2. The number of carboxylic acids is 1. The molecule has 0 radical (unpaired) electrons. The van der Waals surface area contributed by atoms with E-state index in [0.29, 0.717) is 18.8 Å². The standard InChI is InChI=1S/C10H16N4O3/c11-4-3-8-13-5-7(14-8)10(17)6(12)1-2-9(15)16/h5-6H,1-4,11-12H2,(H,13,14)(H,15,16)/t6-/m0/s1. The van der Waals surface area contributed by atoms with Gasteiger partial charge in [-0.3, -0.25) is 9.59 Å². The van der Waals surface area contributed by atoms with Gasteiger partial charge in [0.25, 0.3) is 0 Å².